The zero-order chi connectivity index (χ0) is 20.5. The van der Waals surface area contributed by atoms with Crippen molar-refractivity contribution in [2.24, 2.45) is 4.99 Å². The Morgan fingerprint density at radius 2 is 2.03 bits per heavy atom. The van der Waals surface area contributed by atoms with Crippen LogP contribution in [-0.4, -0.2) is 28.7 Å². The number of nitrogens with zero attached hydrogens (tertiary/aromatic N) is 3. The number of hydrogen-bond donors (Lipinski definition) is 2. The van der Waals surface area contributed by atoms with Gasteiger partial charge >= 0.3 is 0 Å². The molecular weight excluding hydrogens is 366 g/mol. The first-order valence-electron chi connectivity index (χ1n) is 10.8. The first-order chi connectivity index (χ1) is 14.2. The van der Waals surface area contributed by atoms with E-state index in [9.17, 15) is 0 Å². The summed E-state index contributed by atoms with van der Waals surface area (Å²) in [6.07, 6.45) is 8.45. The van der Waals surface area contributed by atoms with Crippen LogP contribution in [0.25, 0.3) is 0 Å². The van der Waals surface area contributed by atoms with E-state index in [0.717, 1.165) is 60.8 Å². The Bertz CT molecular complexity index is 775. The Kier molecular flexibility index (Phi) is 7.90. The van der Waals surface area contributed by atoms with E-state index in [1.807, 2.05) is 12.1 Å². The molecule has 0 atom stereocenters. The van der Waals surface area contributed by atoms with Gasteiger partial charge in [0.2, 0.25) is 5.88 Å². The van der Waals surface area contributed by atoms with Gasteiger partial charge in [0.1, 0.15) is 11.9 Å². The molecule has 2 heterocycles. The van der Waals surface area contributed by atoms with E-state index in [2.05, 4.69) is 41.5 Å². The summed E-state index contributed by atoms with van der Waals surface area (Å²) in [7, 11) is 0. The highest BCUT2D eigenvalue weighted by molar-refractivity contribution is 5.79. The minimum atomic E-state index is 0.285. The van der Waals surface area contributed by atoms with Crippen LogP contribution in [0.3, 0.4) is 0 Å². The monoisotopic (exact) mass is 399 g/mol. The zero-order valence-corrected chi connectivity index (χ0v) is 17.8. The Balaban J connectivity index is 1.67. The number of rotatable bonds is 9. The van der Waals surface area contributed by atoms with Crippen molar-refractivity contribution in [2.45, 2.75) is 78.5 Å². The van der Waals surface area contributed by atoms with Crippen LogP contribution < -0.4 is 15.4 Å². The molecule has 2 aromatic rings. The molecule has 0 amide bonds. The van der Waals surface area contributed by atoms with Gasteiger partial charge in [-0.1, -0.05) is 25.1 Å². The van der Waals surface area contributed by atoms with E-state index in [0.29, 0.717) is 19.0 Å². The molecule has 1 aliphatic rings. The molecule has 3 rings (SSSR count). The Morgan fingerprint density at radius 3 is 2.76 bits per heavy atom. The number of guanidine groups is 1. The average molecular weight is 400 g/mol. The van der Waals surface area contributed by atoms with Crippen molar-refractivity contribution in [1.82, 2.24) is 20.8 Å². The van der Waals surface area contributed by atoms with Crippen molar-refractivity contribution in [3.8, 4) is 5.88 Å². The maximum absolute atomic E-state index is 6.14. The van der Waals surface area contributed by atoms with Gasteiger partial charge < -0.3 is 19.9 Å². The van der Waals surface area contributed by atoms with Gasteiger partial charge in [-0.05, 0) is 45.1 Å². The van der Waals surface area contributed by atoms with E-state index in [4.69, 9.17) is 14.3 Å². The SMILES string of the molecule is CCNC(=NCc1cccnc1OC1CCCC1)NCc1c(CC)noc1CC. The van der Waals surface area contributed by atoms with Gasteiger partial charge in [-0.15, -0.1) is 0 Å². The van der Waals surface area contributed by atoms with Crippen LogP contribution in [-0.2, 0) is 25.9 Å². The number of aliphatic imine (C=N–C) groups is 1. The minimum Gasteiger partial charge on any atom is -0.474 e. The molecule has 0 radical (unpaired) electrons. The summed E-state index contributed by atoms with van der Waals surface area (Å²) in [6, 6.07) is 3.97. The summed E-state index contributed by atoms with van der Waals surface area (Å²) in [5, 5.41) is 10.9. The van der Waals surface area contributed by atoms with Crippen LogP contribution in [0.4, 0.5) is 0 Å². The largest absolute Gasteiger partial charge is 0.474 e. The molecule has 1 saturated carbocycles. The fraction of sp³-hybridized carbons (Fsp3) is 0.591. The van der Waals surface area contributed by atoms with Gasteiger partial charge in [-0.25, -0.2) is 9.98 Å². The quantitative estimate of drug-likeness (QED) is 0.493. The molecule has 0 unspecified atom stereocenters. The van der Waals surface area contributed by atoms with E-state index in [1.54, 1.807) is 6.20 Å². The predicted molar refractivity (Wildman–Crippen MR) is 114 cm³/mol. The molecule has 7 heteroatoms. The number of ether oxygens (including phenoxy) is 1. The third-order valence-corrected chi connectivity index (χ3v) is 5.22. The fourth-order valence-corrected chi connectivity index (χ4v) is 3.63. The minimum absolute atomic E-state index is 0.285. The molecule has 2 N–H and O–H groups in total. The number of hydrogen-bond acceptors (Lipinski definition) is 5. The number of nitrogens with one attached hydrogen (secondary N) is 2. The van der Waals surface area contributed by atoms with E-state index >= 15 is 0 Å². The zero-order valence-electron chi connectivity index (χ0n) is 17.8. The maximum atomic E-state index is 6.14. The smallest absolute Gasteiger partial charge is 0.218 e. The number of pyridine rings is 1. The lowest BCUT2D eigenvalue weighted by Crippen LogP contribution is -2.37. The van der Waals surface area contributed by atoms with Crippen LogP contribution in [0, 0.1) is 0 Å². The third-order valence-electron chi connectivity index (χ3n) is 5.22. The van der Waals surface area contributed by atoms with Crippen LogP contribution >= 0.6 is 0 Å². The van der Waals surface area contributed by atoms with Crippen LogP contribution in [0.15, 0.2) is 27.8 Å². The summed E-state index contributed by atoms with van der Waals surface area (Å²) < 4.78 is 11.6. The molecule has 1 fully saturated rings. The summed E-state index contributed by atoms with van der Waals surface area (Å²) >= 11 is 0. The second-order valence-electron chi connectivity index (χ2n) is 7.28. The van der Waals surface area contributed by atoms with E-state index < -0.39 is 0 Å². The first-order valence-corrected chi connectivity index (χ1v) is 10.8. The highest BCUT2D eigenvalue weighted by Crippen LogP contribution is 2.25. The third kappa shape index (κ3) is 5.71. The highest BCUT2D eigenvalue weighted by atomic mass is 16.5. The van der Waals surface area contributed by atoms with Crippen molar-refractivity contribution >= 4 is 5.96 Å². The number of aryl methyl sites for hydroxylation is 2. The van der Waals surface area contributed by atoms with Crippen LogP contribution in [0.2, 0.25) is 0 Å². The summed E-state index contributed by atoms with van der Waals surface area (Å²) in [5.41, 5.74) is 3.14. The van der Waals surface area contributed by atoms with Crippen molar-refractivity contribution in [2.75, 3.05) is 6.54 Å². The van der Waals surface area contributed by atoms with Crippen molar-refractivity contribution in [1.29, 1.82) is 0 Å². The molecule has 158 valence electrons. The second kappa shape index (κ2) is 10.8. The Labute approximate surface area is 173 Å². The van der Waals surface area contributed by atoms with Gasteiger partial charge in [0.05, 0.1) is 12.2 Å². The van der Waals surface area contributed by atoms with Gasteiger partial charge in [-0.2, -0.15) is 0 Å². The van der Waals surface area contributed by atoms with Crippen LogP contribution in [0.1, 0.15) is 69.0 Å². The first kappa shape index (κ1) is 21.1. The molecular formula is C22H33N5O2. The van der Waals surface area contributed by atoms with Crippen molar-refractivity contribution < 1.29 is 9.26 Å². The lowest BCUT2D eigenvalue weighted by molar-refractivity contribution is 0.199. The Morgan fingerprint density at radius 1 is 1.21 bits per heavy atom. The van der Waals surface area contributed by atoms with Gasteiger partial charge in [0.15, 0.2) is 5.96 Å². The van der Waals surface area contributed by atoms with Crippen LogP contribution in [0.5, 0.6) is 5.88 Å². The summed E-state index contributed by atoms with van der Waals surface area (Å²) in [4.78, 5) is 9.20. The highest BCUT2D eigenvalue weighted by Gasteiger charge is 2.18. The van der Waals surface area contributed by atoms with Gasteiger partial charge in [0.25, 0.3) is 0 Å². The molecule has 1 aliphatic carbocycles. The summed E-state index contributed by atoms with van der Waals surface area (Å²) in [5.74, 6) is 2.40. The molecule has 0 aromatic carbocycles. The van der Waals surface area contributed by atoms with Crippen molar-refractivity contribution in [3.05, 3.63) is 40.9 Å². The molecule has 29 heavy (non-hydrogen) atoms. The molecule has 0 saturated heterocycles. The maximum Gasteiger partial charge on any atom is 0.218 e. The molecule has 0 spiro atoms. The molecule has 0 bridgehead atoms. The second-order valence-corrected chi connectivity index (χ2v) is 7.28. The Hall–Kier alpha value is -2.57. The topological polar surface area (TPSA) is 84.6 Å². The standard InChI is InChI=1S/C22H33N5O2/c1-4-19-18(20(5-2)29-27-19)15-26-22(23-6-3)25-14-16-10-9-13-24-21(16)28-17-11-7-8-12-17/h9-10,13,17H,4-8,11-12,14-15H2,1-3H3,(H2,23,25,26). The van der Waals surface area contributed by atoms with Crippen molar-refractivity contribution in [3.63, 3.8) is 0 Å². The van der Waals surface area contributed by atoms with E-state index in [-0.39, 0.29) is 6.10 Å². The lowest BCUT2D eigenvalue weighted by atomic mass is 10.1. The fourth-order valence-electron chi connectivity index (χ4n) is 3.63. The molecule has 2 aromatic heterocycles. The lowest BCUT2D eigenvalue weighted by Gasteiger charge is -2.15. The molecule has 0 aliphatic heterocycles. The average Bonchev–Trinajstić information content (AvgIpc) is 3.40. The van der Waals surface area contributed by atoms with E-state index in [1.165, 1.54) is 12.8 Å². The predicted octanol–water partition coefficient (Wildman–Crippen LogP) is 3.77. The van der Waals surface area contributed by atoms with Gasteiger partial charge in [0, 0.05) is 36.8 Å². The number of aromatic nitrogens is 2. The molecule has 7 nitrogen and oxygen atoms in total. The normalized spacial score (nSPS) is 14.9. The summed E-state index contributed by atoms with van der Waals surface area (Å²) in [6.45, 7) is 8.17. The van der Waals surface area contributed by atoms with Gasteiger partial charge in [-0.3, -0.25) is 0 Å².